The van der Waals surface area contributed by atoms with Crippen molar-refractivity contribution >= 4 is 11.8 Å². The van der Waals surface area contributed by atoms with E-state index >= 15 is 0 Å². The van der Waals surface area contributed by atoms with Crippen molar-refractivity contribution in [1.82, 2.24) is 5.06 Å². The molecule has 2 saturated heterocycles. The van der Waals surface area contributed by atoms with Crippen LogP contribution in [-0.4, -0.2) is 41.9 Å². The second-order valence-electron chi connectivity index (χ2n) is 7.90. The van der Waals surface area contributed by atoms with Crippen LogP contribution in [0, 0.1) is 11.3 Å². The monoisotopic (exact) mass is 357 g/mol. The van der Waals surface area contributed by atoms with Crippen molar-refractivity contribution in [1.29, 1.82) is 0 Å². The Hall–Kier alpha value is -1.76. The summed E-state index contributed by atoms with van der Waals surface area (Å²) in [4.78, 5) is 32.4. The highest BCUT2D eigenvalue weighted by Gasteiger charge is 2.80. The standard InChI is InChI=1S/C20H23NO5/c1-24-20-14-15(21(26-20)12-13-8-4-2-5-9-13)17(22)25-16(14)19(18(20)23)10-6-3-7-11-19/h2,4-5,8-9,14-16H,3,6-7,10-12H2,1H3/t14?,15-,16-,20+/m0/s1. The van der Waals surface area contributed by atoms with Gasteiger partial charge in [-0.1, -0.05) is 49.6 Å². The molecule has 0 radical (unpaired) electrons. The first-order chi connectivity index (χ1) is 12.6. The van der Waals surface area contributed by atoms with E-state index in [1.54, 1.807) is 5.06 Å². The first kappa shape index (κ1) is 16.4. The Balaban J connectivity index is 1.53. The summed E-state index contributed by atoms with van der Waals surface area (Å²) in [6, 6.07) is 9.17. The van der Waals surface area contributed by atoms with Crippen LogP contribution in [0.1, 0.15) is 37.7 Å². The van der Waals surface area contributed by atoms with Crippen LogP contribution in [0.2, 0.25) is 0 Å². The van der Waals surface area contributed by atoms with Crippen LogP contribution >= 0.6 is 0 Å². The molecule has 4 fully saturated rings. The van der Waals surface area contributed by atoms with Crippen LogP contribution in [0.25, 0.3) is 0 Å². The van der Waals surface area contributed by atoms with Gasteiger partial charge in [-0.25, -0.2) is 0 Å². The summed E-state index contributed by atoms with van der Waals surface area (Å²) in [7, 11) is 1.50. The first-order valence-electron chi connectivity index (χ1n) is 9.43. The average molecular weight is 357 g/mol. The molecule has 2 heterocycles. The molecule has 2 aliphatic heterocycles. The second kappa shape index (κ2) is 5.62. The Morgan fingerprint density at radius 1 is 1.15 bits per heavy atom. The molecule has 0 bridgehead atoms. The fraction of sp³-hybridized carbons (Fsp3) is 0.600. The molecule has 4 aliphatic rings. The van der Waals surface area contributed by atoms with E-state index in [9.17, 15) is 9.59 Å². The zero-order valence-electron chi connectivity index (χ0n) is 14.8. The number of esters is 1. The number of hydrogen-bond acceptors (Lipinski definition) is 6. The van der Waals surface area contributed by atoms with E-state index in [4.69, 9.17) is 14.3 Å². The lowest BCUT2D eigenvalue weighted by molar-refractivity contribution is -0.291. The molecule has 1 aromatic carbocycles. The summed E-state index contributed by atoms with van der Waals surface area (Å²) in [5.41, 5.74) is 0.372. The van der Waals surface area contributed by atoms with E-state index in [2.05, 4.69) is 0 Å². The van der Waals surface area contributed by atoms with Crippen molar-refractivity contribution in [2.45, 2.75) is 56.6 Å². The van der Waals surface area contributed by atoms with Crippen molar-refractivity contribution in [3.05, 3.63) is 35.9 Å². The quantitative estimate of drug-likeness (QED) is 0.773. The number of nitrogens with zero attached hydrogens (tertiary/aromatic N) is 1. The number of hydroxylamine groups is 2. The van der Waals surface area contributed by atoms with Gasteiger partial charge in [0.2, 0.25) is 5.78 Å². The number of hydrogen-bond donors (Lipinski definition) is 0. The normalized spacial score (nSPS) is 38.0. The van der Waals surface area contributed by atoms with E-state index in [1.807, 2.05) is 30.3 Å². The summed E-state index contributed by atoms with van der Waals surface area (Å²) in [6.07, 6.45) is 4.13. The van der Waals surface area contributed by atoms with E-state index in [1.165, 1.54) is 7.11 Å². The third-order valence-corrected chi connectivity index (χ3v) is 6.70. The summed E-state index contributed by atoms with van der Waals surface area (Å²) in [5.74, 6) is -2.12. The van der Waals surface area contributed by atoms with Crippen molar-refractivity contribution < 1.29 is 23.9 Å². The predicted octanol–water partition coefficient (Wildman–Crippen LogP) is 2.22. The van der Waals surface area contributed by atoms with Crippen molar-refractivity contribution in [2.24, 2.45) is 11.3 Å². The third kappa shape index (κ3) is 1.92. The molecule has 0 aromatic heterocycles. The number of ketones is 1. The number of carbonyl (C=O) groups is 2. The lowest BCUT2D eigenvalue weighted by atomic mass is 9.70. The first-order valence-corrected chi connectivity index (χ1v) is 9.43. The minimum absolute atomic E-state index is 0.0322. The van der Waals surface area contributed by atoms with Crippen molar-refractivity contribution in [3.63, 3.8) is 0 Å². The van der Waals surface area contributed by atoms with Gasteiger partial charge in [0.25, 0.3) is 5.79 Å². The second-order valence-corrected chi connectivity index (χ2v) is 7.90. The van der Waals surface area contributed by atoms with Gasteiger partial charge in [0.05, 0.1) is 17.9 Å². The number of rotatable bonds is 3. The molecule has 138 valence electrons. The fourth-order valence-corrected chi connectivity index (χ4v) is 5.56. The van der Waals surface area contributed by atoms with Crippen LogP contribution in [0.4, 0.5) is 0 Å². The fourth-order valence-electron chi connectivity index (χ4n) is 5.56. The minimum Gasteiger partial charge on any atom is -0.459 e. The van der Waals surface area contributed by atoms with Gasteiger partial charge in [0.15, 0.2) is 0 Å². The zero-order valence-corrected chi connectivity index (χ0v) is 14.8. The Kier molecular flexibility index (Phi) is 3.55. The van der Waals surface area contributed by atoms with Gasteiger partial charge in [-0.3, -0.25) is 14.4 Å². The lowest BCUT2D eigenvalue weighted by Gasteiger charge is -2.36. The van der Waals surface area contributed by atoms with E-state index in [-0.39, 0.29) is 11.8 Å². The lowest BCUT2D eigenvalue weighted by Crippen LogP contribution is -2.47. The molecule has 0 N–H and O–H groups in total. The number of ether oxygens (including phenoxy) is 2. The number of Topliss-reactive ketones (excluding diaryl/α,β-unsaturated/α-hetero) is 1. The van der Waals surface area contributed by atoms with Crippen LogP contribution in [0.15, 0.2) is 30.3 Å². The Bertz CT molecular complexity index is 744. The van der Waals surface area contributed by atoms with Gasteiger partial charge in [-0.05, 0) is 18.4 Å². The molecule has 6 nitrogen and oxygen atoms in total. The van der Waals surface area contributed by atoms with Crippen LogP contribution < -0.4 is 0 Å². The van der Waals surface area contributed by atoms with Crippen LogP contribution in [-0.2, 0) is 30.4 Å². The Morgan fingerprint density at radius 3 is 2.58 bits per heavy atom. The molecule has 1 spiro atoms. The summed E-state index contributed by atoms with van der Waals surface area (Å²) in [6.45, 7) is 0.412. The van der Waals surface area contributed by atoms with Crippen molar-refractivity contribution in [3.8, 4) is 0 Å². The molecule has 2 aliphatic carbocycles. The molecule has 2 saturated carbocycles. The molecular weight excluding hydrogens is 334 g/mol. The maximum Gasteiger partial charge on any atom is 0.326 e. The number of methoxy groups -OCH3 is 1. The minimum atomic E-state index is -1.40. The van der Waals surface area contributed by atoms with Gasteiger partial charge < -0.3 is 9.47 Å². The van der Waals surface area contributed by atoms with E-state index in [0.717, 1.165) is 37.7 Å². The third-order valence-electron chi connectivity index (χ3n) is 6.70. The van der Waals surface area contributed by atoms with Gasteiger partial charge in [0.1, 0.15) is 12.1 Å². The van der Waals surface area contributed by atoms with Crippen molar-refractivity contribution in [2.75, 3.05) is 7.11 Å². The number of benzene rings is 1. The molecule has 6 heteroatoms. The average Bonchev–Trinajstić information content (AvgIpc) is 3.25. The molecular formula is C20H23NO5. The highest BCUT2D eigenvalue weighted by atomic mass is 16.8. The zero-order chi connectivity index (χ0) is 17.9. The molecule has 26 heavy (non-hydrogen) atoms. The van der Waals surface area contributed by atoms with Gasteiger partial charge in [-0.15, -0.1) is 0 Å². The molecule has 0 amide bonds. The summed E-state index contributed by atoms with van der Waals surface area (Å²) < 4.78 is 11.5. The largest absolute Gasteiger partial charge is 0.459 e. The molecule has 1 aromatic rings. The Morgan fingerprint density at radius 2 is 1.88 bits per heavy atom. The maximum atomic E-state index is 13.5. The molecule has 4 atom stereocenters. The van der Waals surface area contributed by atoms with Crippen LogP contribution in [0.5, 0.6) is 0 Å². The maximum absolute atomic E-state index is 13.5. The topological polar surface area (TPSA) is 65.1 Å². The van der Waals surface area contributed by atoms with Crippen LogP contribution in [0.3, 0.4) is 0 Å². The number of carbonyl (C=O) groups excluding carboxylic acids is 2. The summed E-state index contributed by atoms with van der Waals surface area (Å²) >= 11 is 0. The molecule has 1 unspecified atom stereocenters. The van der Waals surface area contributed by atoms with Gasteiger partial charge >= 0.3 is 5.97 Å². The predicted molar refractivity (Wildman–Crippen MR) is 90.5 cm³/mol. The smallest absolute Gasteiger partial charge is 0.326 e. The highest BCUT2D eigenvalue weighted by molar-refractivity contribution is 5.99. The van der Waals surface area contributed by atoms with Gasteiger partial charge in [0, 0.05) is 7.11 Å². The number of fused-ring (bicyclic) bond motifs is 1. The molecule has 5 rings (SSSR count). The van der Waals surface area contributed by atoms with Gasteiger partial charge in [-0.2, -0.15) is 5.06 Å². The Labute approximate surface area is 152 Å². The SMILES string of the molecule is CO[C@@]12ON(Cc3ccccc3)[C@@H]3C(=O)O[C@@H](C31)C1(CCCCC1)C2=O. The van der Waals surface area contributed by atoms with E-state index in [0.29, 0.717) is 6.54 Å². The summed E-state index contributed by atoms with van der Waals surface area (Å²) in [5, 5.41) is 1.60. The van der Waals surface area contributed by atoms with E-state index < -0.39 is 29.3 Å². The highest BCUT2D eigenvalue weighted by Crippen LogP contribution is 2.62.